The summed E-state index contributed by atoms with van der Waals surface area (Å²) in [5.41, 5.74) is 8.22. The molecule has 0 spiro atoms. The van der Waals surface area contributed by atoms with E-state index in [1.165, 1.54) is 0 Å². The van der Waals surface area contributed by atoms with Crippen LogP contribution in [0.4, 0.5) is 5.69 Å². The van der Waals surface area contributed by atoms with Gasteiger partial charge in [-0.05, 0) is 25.1 Å². The van der Waals surface area contributed by atoms with Gasteiger partial charge in [0.2, 0.25) is 5.88 Å². The average molecular weight is 333 g/mol. The highest BCUT2D eigenvalue weighted by Gasteiger charge is 2.12. The van der Waals surface area contributed by atoms with E-state index in [1.54, 1.807) is 10.9 Å². The van der Waals surface area contributed by atoms with E-state index in [9.17, 15) is 0 Å². The summed E-state index contributed by atoms with van der Waals surface area (Å²) >= 11 is 3.45. The number of hydrogen-bond donors (Lipinski definition) is 1. The van der Waals surface area contributed by atoms with Gasteiger partial charge < -0.3 is 10.5 Å². The lowest BCUT2D eigenvalue weighted by Crippen LogP contribution is -1.99. The van der Waals surface area contributed by atoms with Crippen LogP contribution in [-0.2, 0) is 7.05 Å². The van der Waals surface area contributed by atoms with Gasteiger partial charge in [0.05, 0.1) is 23.1 Å². The molecule has 20 heavy (non-hydrogen) atoms. The lowest BCUT2D eigenvalue weighted by molar-refractivity contribution is 0.436. The Morgan fingerprint density at radius 2 is 2.10 bits per heavy atom. The molecule has 0 saturated heterocycles. The van der Waals surface area contributed by atoms with Crippen molar-refractivity contribution in [2.24, 2.45) is 7.05 Å². The molecule has 3 aromatic rings. The van der Waals surface area contributed by atoms with Crippen molar-refractivity contribution in [1.82, 2.24) is 14.8 Å². The minimum absolute atomic E-state index is 0.495. The number of aryl methyl sites for hydroxylation is 2. The van der Waals surface area contributed by atoms with Crippen LogP contribution in [0.15, 0.2) is 34.9 Å². The first kappa shape index (κ1) is 12.9. The molecule has 0 bridgehead atoms. The van der Waals surface area contributed by atoms with Crippen LogP contribution in [-0.4, -0.2) is 14.8 Å². The molecule has 0 aliphatic heterocycles. The van der Waals surface area contributed by atoms with E-state index in [4.69, 9.17) is 10.5 Å². The molecule has 5 nitrogen and oxygen atoms in total. The maximum absolute atomic E-state index is 6.01. The second-order valence-corrected chi connectivity index (χ2v) is 5.47. The molecule has 2 heterocycles. The predicted molar refractivity (Wildman–Crippen MR) is 81.9 cm³/mol. The van der Waals surface area contributed by atoms with E-state index in [0.717, 1.165) is 21.1 Å². The van der Waals surface area contributed by atoms with Crippen LogP contribution in [0.5, 0.6) is 11.6 Å². The molecule has 2 N–H and O–H groups in total. The first-order chi connectivity index (χ1) is 9.54. The molecule has 3 rings (SSSR count). The van der Waals surface area contributed by atoms with E-state index < -0.39 is 0 Å². The third-order valence-electron chi connectivity index (χ3n) is 2.97. The summed E-state index contributed by atoms with van der Waals surface area (Å²) in [4.78, 5) is 4.30. The van der Waals surface area contributed by atoms with Crippen molar-refractivity contribution >= 4 is 32.5 Å². The number of rotatable bonds is 2. The standard InChI is InChI=1S/C14H13BrN4O/c1-8-5-13(19(2)18-8)20-14-10-6-9(15)3-4-12(10)17-7-11(14)16/h3-7H,16H2,1-2H3. The lowest BCUT2D eigenvalue weighted by Gasteiger charge is -2.11. The van der Waals surface area contributed by atoms with Gasteiger partial charge in [0.1, 0.15) is 0 Å². The monoisotopic (exact) mass is 332 g/mol. The zero-order valence-corrected chi connectivity index (χ0v) is 12.7. The second-order valence-electron chi connectivity index (χ2n) is 4.55. The number of hydrogen-bond acceptors (Lipinski definition) is 4. The average Bonchev–Trinajstić information content (AvgIpc) is 2.71. The van der Waals surface area contributed by atoms with Crippen molar-refractivity contribution in [2.75, 3.05) is 5.73 Å². The SMILES string of the molecule is Cc1cc(Oc2c(N)cnc3ccc(Br)cc23)n(C)n1. The van der Waals surface area contributed by atoms with E-state index in [0.29, 0.717) is 17.3 Å². The first-order valence-electron chi connectivity index (χ1n) is 6.07. The fraction of sp³-hybridized carbons (Fsp3) is 0.143. The molecule has 0 atom stereocenters. The number of benzene rings is 1. The van der Waals surface area contributed by atoms with Gasteiger partial charge in [-0.2, -0.15) is 5.10 Å². The third-order valence-corrected chi connectivity index (χ3v) is 3.47. The third kappa shape index (κ3) is 2.22. The summed E-state index contributed by atoms with van der Waals surface area (Å²) in [6, 6.07) is 7.66. The summed E-state index contributed by atoms with van der Waals surface area (Å²) in [6.45, 7) is 1.91. The van der Waals surface area contributed by atoms with Crippen molar-refractivity contribution < 1.29 is 4.74 Å². The van der Waals surface area contributed by atoms with E-state index >= 15 is 0 Å². The highest BCUT2D eigenvalue weighted by molar-refractivity contribution is 9.10. The van der Waals surface area contributed by atoms with Crippen molar-refractivity contribution in [3.05, 3.63) is 40.6 Å². The molecule has 6 heteroatoms. The van der Waals surface area contributed by atoms with Gasteiger partial charge in [-0.25, -0.2) is 4.68 Å². The summed E-state index contributed by atoms with van der Waals surface area (Å²) in [6.07, 6.45) is 1.61. The summed E-state index contributed by atoms with van der Waals surface area (Å²) in [5.74, 6) is 1.24. The van der Waals surface area contributed by atoms with Crippen molar-refractivity contribution in [2.45, 2.75) is 6.92 Å². The number of nitrogens with two attached hydrogens (primary N) is 1. The quantitative estimate of drug-likeness (QED) is 0.780. The molecule has 0 radical (unpaired) electrons. The van der Waals surface area contributed by atoms with Crippen LogP contribution < -0.4 is 10.5 Å². The zero-order chi connectivity index (χ0) is 14.3. The van der Waals surface area contributed by atoms with Crippen LogP contribution in [0.25, 0.3) is 10.9 Å². The van der Waals surface area contributed by atoms with Crippen LogP contribution >= 0.6 is 15.9 Å². The molecule has 2 aromatic heterocycles. The number of ether oxygens (including phenoxy) is 1. The summed E-state index contributed by atoms with van der Waals surface area (Å²) < 4.78 is 8.57. The van der Waals surface area contributed by atoms with Gasteiger partial charge in [-0.15, -0.1) is 0 Å². The number of nitrogens with zero attached hydrogens (tertiary/aromatic N) is 3. The number of fused-ring (bicyclic) bond motifs is 1. The molecule has 1 aromatic carbocycles. The molecule has 0 saturated carbocycles. The first-order valence-corrected chi connectivity index (χ1v) is 6.86. The van der Waals surface area contributed by atoms with Gasteiger partial charge in [-0.1, -0.05) is 15.9 Å². The topological polar surface area (TPSA) is 66.0 Å². The molecule has 0 fully saturated rings. The maximum Gasteiger partial charge on any atom is 0.217 e. The zero-order valence-electron chi connectivity index (χ0n) is 11.1. The molecular formula is C14H13BrN4O. The number of aromatic nitrogens is 3. The van der Waals surface area contributed by atoms with Crippen molar-refractivity contribution in [3.63, 3.8) is 0 Å². The van der Waals surface area contributed by atoms with Crippen LogP contribution in [0.1, 0.15) is 5.69 Å². The van der Waals surface area contributed by atoms with Crippen molar-refractivity contribution in [3.8, 4) is 11.6 Å². The number of nitrogen functional groups attached to an aromatic ring is 1. The fourth-order valence-electron chi connectivity index (χ4n) is 2.06. The molecule has 0 amide bonds. The lowest BCUT2D eigenvalue weighted by atomic mass is 10.2. The Hall–Kier alpha value is -2.08. The van der Waals surface area contributed by atoms with E-state index in [1.807, 2.05) is 38.2 Å². The predicted octanol–water partition coefficient (Wildman–Crippen LogP) is 3.41. The van der Waals surface area contributed by atoms with Gasteiger partial charge in [0.25, 0.3) is 0 Å². The molecule has 0 aliphatic carbocycles. The molecular weight excluding hydrogens is 320 g/mol. The molecule has 0 unspecified atom stereocenters. The Labute approximate surface area is 124 Å². The number of halogens is 1. The van der Waals surface area contributed by atoms with Crippen molar-refractivity contribution in [1.29, 1.82) is 0 Å². The second kappa shape index (κ2) is 4.79. The van der Waals surface area contributed by atoms with Gasteiger partial charge in [0.15, 0.2) is 5.75 Å². The van der Waals surface area contributed by atoms with Gasteiger partial charge >= 0.3 is 0 Å². The molecule has 102 valence electrons. The van der Waals surface area contributed by atoms with Gasteiger partial charge in [-0.3, -0.25) is 4.98 Å². The minimum Gasteiger partial charge on any atom is -0.436 e. The normalized spacial score (nSPS) is 10.9. The van der Waals surface area contributed by atoms with Crippen LogP contribution in [0, 0.1) is 6.92 Å². The van der Waals surface area contributed by atoms with Gasteiger partial charge in [0, 0.05) is 23.0 Å². The van der Waals surface area contributed by atoms with E-state index in [-0.39, 0.29) is 0 Å². The Morgan fingerprint density at radius 1 is 1.30 bits per heavy atom. The Bertz CT molecular complexity index is 792. The smallest absolute Gasteiger partial charge is 0.217 e. The van der Waals surface area contributed by atoms with E-state index in [2.05, 4.69) is 26.0 Å². The Kier molecular flexibility index (Phi) is 3.10. The maximum atomic E-state index is 6.01. The fourth-order valence-corrected chi connectivity index (χ4v) is 2.42. The summed E-state index contributed by atoms with van der Waals surface area (Å²) in [7, 11) is 1.83. The highest BCUT2D eigenvalue weighted by Crippen LogP contribution is 2.35. The Morgan fingerprint density at radius 3 is 2.80 bits per heavy atom. The highest BCUT2D eigenvalue weighted by atomic mass is 79.9. The number of pyridine rings is 1. The molecule has 0 aliphatic rings. The van der Waals surface area contributed by atoms with Crippen LogP contribution in [0.2, 0.25) is 0 Å². The Balaban J connectivity index is 2.17. The van der Waals surface area contributed by atoms with Crippen LogP contribution in [0.3, 0.4) is 0 Å². The number of anilines is 1. The minimum atomic E-state index is 0.495. The largest absolute Gasteiger partial charge is 0.436 e. The summed E-state index contributed by atoms with van der Waals surface area (Å²) in [5, 5.41) is 5.12.